The van der Waals surface area contributed by atoms with E-state index >= 15 is 0 Å². The fourth-order valence-electron chi connectivity index (χ4n) is 3.93. The van der Waals surface area contributed by atoms with Crippen molar-refractivity contribution in [1.82, 2.24) is 5.32 Å². The predicted octanol–water partition coefficient (Wildman–Crippen LogP) is 3.27. The number of carbonyl (C=O) groups is 1. The Bertz CT molecular complexity index is 512. The van der Waals surface area contributed by atoms with Crippen LogP contribution in [0.25, 0.3) is 0 Å². The first-order chi connectivity index (χ1) is 10.6. The van der Waals surface area contributed by atoms with Crippen molar-refractivity contribution >= 4 is 34.2 Å². The van der Waals surface area contributed by atoms with Gasteiger partial charge in [-0.2, -0.15) is 0 Å². The molecule has 2 saturated carbocycles. The maximum absolute atomic E-state index is 12.2. The SMILES string of the molecule is Cl.NC1CC2CCCC(C1)C2NC(=O)COc1ccc(Br)cc1. The highest BCUT2D eigenvalue weighted by Gasteiger charge is 2.39. The van der Waals surface area contributed by atoms with Crippen LogP contribution in [0.5, 0.6) is 5.75 Å². The van der Waals surface area contributed by atoms with E-state index in [1.807, 2.05) is 24.3 Å². The Kier molecular flexibility index (Phi) is 6.74. The molecule has 4 nitrogen and oxygen atoms in total. The average molecular weight is 404 g/mol. The summed E-state index contributed by atoms with van der Waals surface area (Å²) < 4.78 is 6.55. The van der Waals surface area contributed by atoms with Crippen molar-refractivity contribution in [3.8, 4) is 5.75 Å². The summed E-state index contributed by atoms with van der Waals surface area (Å²) in [4.78, 5) is 12.2. The van der Waals surface area contributed by atoms with Crippen LogP contribution in [0.2, 0.25) is 0 Å². The molecule has 2 unspecified atom stereocenters. The van der Waals surface area contributed by atoms with Gasteiger partial charge in [-0.15, -0.1) is 12.4 Å². The highest BCUT2D eigenvalue weighted by Crippen LogP contribution is 2.39. The van der Waals surface area contributed by atoms with Crippen LogP contribution in [0.15, 0.2) is 28.7 Å². The second kappa shape index (κ2) is 8.36. The molecule has 0 saturated heterocycles. The van der Waals surface area contributed by atoms with E-state index in [9.17, 15) is 4.79 Å². The summed E-state index contributed by atoms with van der Waals surface area (Å²) in [5, 5.41) is 3.19. The van der Waals surface area contributed by atoms with Crippen LogP contribution in [-0.2, 0) is 4.79 Å². The molecule has 2 aliphatic rings. The molecule has 1 aromatic carbocycles. The number of ether oxygens (including phenoxy) is 1. The summed E-state index contributed by atoms with van der Waals surface area (Å²) in [6.07, 6.45) is 5.71. The van der Waals surface area contributed by atoms with Crippen LogP contribution in [0, 0.1) is 11.8 Å². The maximum Gasteiger partial charge on any atom is 0.258 e. The Morgan fingerprint density at radius 1 is 1.22 bits per heavy atom. The van der Waals surface area contributed by atoms with Crippen LogP contribution in [-0.4, -0.2) is 24.6 Å². The number of benzene rings is 1. The molecular formula is C17H24BrClN2O2. The third-order valence-electron chi connectivity index (χ3n) is 4.89. The van der Waals surface area contributed by atoms with Crippen molar-refractivity contribution < 1.29 is 9.53 Å². The number of halogens is 2. The smallest absolute Gasteiger partial charge is 0.258 e. The lowest BCUT2D eigenvalue weighted by molar-refractivity contribution is -0.125. The minimum atomic E-state index is -0.0275. The molecule has 2 aliphatic carbocycles. The first kappa shape index (κ1) is 18.6. The molecule has 3 N–H and O–H groups in total. The zero-order valence-corrected chi connectivity index (χ0v) is 15.4. The van der Waals surface area contributed by atoms with Gasteiger partial charge in [0.2, 0.25) is 0 Å². The van der Waals surface area contributed by atoms with Crippen molar-refractivity contribution in [2.45, 2.75) is 44.2 Å². The van der Waals surface area contributed by atoms with Gasteiger partial charge in [-0.1, -0.05) is 22.4 Å². The molecule has 0 spiro atoms. The van der Waals surface area contributed by atoms with Crippen molar-refractivity contribution in [2.75, 3.05) is 6.61 Å². The van der Waals surface area contributed by atoms with Gasteiger partial charge in [-0.3, -0.25) is 4.79 Å². The van der Waals surface area contributed by atoms with Gasteiger partial charge in [0.05, 0.1) is 0 Å². The molecule has 0 heterocycles. The van der Waals surface area contributed by atoms with E-state index in [0.29, 0.717) is 23.6 Å². The van der Waals surface area contributed by atoms with Crippen LogP contribution < -0.4 is 15.8 Å². The zero-order chi connectivity index (χ0) is 15.5. The highest BCUT2D eigenvalue weighted by molar-refractivity contribution is 9.10. The van der Waals surface area contributed by atoms with Crippen LogP contribution in [0.4, 0.5) is 0 Å². The van der Waals surface area contributed by atoms with Gasteiger partial charge in [0, 0.05) is 16.6 Å². The molecule has 1 amide bonds. The van der Waals surface area contributed by atoms with E-state index in [4.69, 9.17) is 10.5 Å². The maximum atomic E-state index is 12.2. The summed E-state index contributed by atoms with van der Waals surface area (Å²) in [6.45, 7) is 0.0730. The number of carbonyl (C=O) groups excluding carboxylic acids is 1. The summed E-state index contributed by atoms with van der Waals surface area (Å²) in [7, 11) is 0. The Hall–Kier alpha value is -0.780. The summed E-state index contributed by atoms with van der Waals surface area (Å²) in [6, 6.07) is 8.11. The number of amides is 1. The molecular weight excluding hydrogens is 380 g/mol. The lowest BCUT2D eigenvalue weighted by Gasteiger charge is -2.45. The van der Waals surface area contributed by atoms with E-state index in [2.05, 4.69) is 21.2 Å². The van der Waals surface area contributed by atoms with E-state index in [0.717, 1.165) is 17.3 Å². The zero-order valence-electron chi connectivity index (χ0n) is 13.0. The minimum absolute atomic E-state index is 0. The normalized spacial score (nSPS) is 29.3. The molecule has 0 aliphatic heterocycles. The van der Waals surface area contributed by atoms with Gasteiger partial charge in [0.15, 0.2) is 6.61 Å². The Labute approximate surface area is 152 Å². The first-order valence-corrected chi connectivity index (χ1v) is 8.84. The lowest BCUT2D eigenvalue weighted by atomic mass is 9.67. The number of nitrogens with one attached hydrogen (secondary N) is 1. The van der Waals surface area contributed by atoms with Crippen molar-refractivity contribution in [2.24, 2.45) is 17.6 Å². The van der Waals surface area contributed by atoms with Gasteiger partial charge in [-0.05, 0) is 61.8 Å². The van der Waals surface area contributed by atoms with Crippen molar-refractivity contribution in [3.05, 3.63) is 28.7 Å². The molecule has 1 aromatic rings. The van der Waals surface area contributed by atoms with Gasteiger partial charge < -0.3 is 15.8 Å². The number of rotatable bonds is 4. The fourth-order valence-corrected chi connectivity index (χ4v) is 4.20. The molecule has 3 rings (SSSR count). The summed E-state index contributed by atoms with van der Waals surface area (Å²) in [5.74, 6) is 1.77. The standard InChI is InChI=1S/C17H23BrN2O2.ClH/c18-13-4-6-15(7-5-13)22-10-16(21)20-17-11-2-1-3-12(17)9-14(19)8-11;/h4-7,11-12,14,17H,1-3,8-10,19H2,(H,20,21);1H. The van der Waals surface area contributed by atoms with Crippen LogP contribution in [0.1, 0.15) is 32.1 Å². The van der Waals surface area contributed by atoms with Crippen LogP contribution in [0.3, 0.4) is 0 Å². The Morgan fingerprint density at radius 3 is 2.43 bits per heavy atom. The topological polar surface area (TPSA) is 64.3 Å². The second-order valence-corrected chi connectivity index (χ2v) is 7.43. The van der Waals surface area contributed by atoms with Crippen molar-refractivity contribution in [1.29, 1.82) is 0 Å². The third-order valence-corrected chi connectivity index (χ3v) is 5.42. The third kappa shape index (κ3) is 4.85. The molecule has 2 fully saturated rings. The van der Waals surface area contributed by atoms with Crippen LogP contribution >= 0.6 is 28.3 Å². The van der Waals surface area contributed by atoms with E-state index in [-0.39, 0.29) is 31.0 Å². The van der Waals surface area contributed by atoms with Gasteiger partial charge in [0.25, 0.3) is 5.91 Å². The number of fused-ring (bicyclic) bond motifs is 2. The minimum Gasteiger partial charge on any atom is -0.484 e. The first-order valence-electron chi connectivity index (χ1n) is 8.05. The Morgan fingerprint density at radius 2 is 1.83 bits per heavy atom. The van der Waals surface area contributed by atoms with Gasteiger partial charge in [0.1, 0.15) is 5.75 Å². The molecule has 2 bridgehead atoms. The largest absolute Gasteiger partial charge is 0.484 e. The predicted molar refractivity (Wildman–Crippen MR) is 96.9 cm³/mol. The fraction of sp³-hybridized carbons (Fsp3) is 0.588. The second-order valence-electron chi connectivity index (χ2n) is 6.52. The molecule has 6 heteroatoms. The number of hydrogen-bond donors (Lipinski definition) is 2. The van der Waals surface area contributed by atoms with Gasteiger partial charge in [-0.25, -0.2) is 0 Å². The lowest BCUT2D eigenvalue weighted by Crippen LogP contribution is -2.54. The van der Waals surface area contributed by atoms with E-state index < -0.39 is 0 Å². The average Bonchev–Trinajstić information content (AvgIpc) is 2.48. The molecule has 2 atom stereocenters. The van der Waals surface area contributed by atoms with E-state index in [1.165, 1.54) is 19.3 Å². The number of nitrogens with two attached hydrogens (primary N) is 1. The highest BCUT2D eigenvalue weighted by atomic mass is 79.9. The molecule has 23 heavy (non-hydrogen) atoms. The summed E-state index contributed by atoms with van der Waals surface area (Å²) >= 11 is 3.38. The monoisotopic (exact) mass is 402 g/mol. The number of hydrogen-bond acceptors (Lipinski definition) is 3. The van der Waals surface area contributed by atoms with Gasteiger partial charge >= 0.3 is 0 Å². The quantitative estimate of drug-likeness (QED) is 0.811. The van der Waals surface area contributed by atoms with Crippen molar-refractivity contribution in [3.63, 3.8) is 0 Å². The molecule has 0 radical (unpaired) electrons. The Balaban J connectivity index is 0.00000192. The molecule has 0 aromatic heterocycles. The van der Waals surface area contributed by atoms with E-state index in [1.54, 1.807) is 0 Å². The molecule has 128 valence electrons. The summed E-state index contributed by atoms with van der Waals surface area (Å²) in [5.41, 5.74) is 6.12.